The van der Waals surface area contributed by atoms with Gasteiger partial charge in [-0.1, -0.05) is 53.0 Å². The van der Waals surface area contributed by atoms with Crippen molar-refractivity contribution in [1.82, 2.24) is 5.32 Å². The SMILES string of the molecule is O=C1NC(c2cccc(Cl)c2)=N/C1=C\c1ccc(Cl)cc1Cl. The summed E-state index contributed by atoms with van der Waals surface area (Å²) in [6.07, 6.45) is 1.62. The molecule has 1 heterocycles. The highest BCUT2D eigenvalue weighted by Gasteiger charge is 2.21. The lowest BCUT2D eigenvalue weighted by molar-refractivity contribution is -0.115. The van der Waals surface area contributed by atoms with Crippen LogP contribution in [0.15, 0.2) is 53.2 Å². The van der Waals surface area contributed by atoms with E-state index in [0.717, 1.165) is 5.56 Å². The molecule has 1 aliphatic rings. The molecule has 1 amide bonds. The van der Waals surface area contributed by atoms with Crippen molar-refractivity contribution < 1.29 is 4.79 Å². The number of carbonyl (C=O) groups excluding carboxylic acids is 1. The van der Waals surface area contributed by atoms with E-state index >= 15 is 0 Å². The van der Waals surface area contributed by atoms with E-state index < -0.39 is 0 Å². The largest absolute Gasteiger partial charge is 0.305 e. The van der Waals surface area contributed by atoms with E-state index in [0.29, 0.717) is 26.5 Å². The third kappa shape index (κ3) is 3.17. The summed E-state index contributed by atoms with van der Waals surface area (Å²) in [5.74, 6) is 0.171. The molecule has 110 valence electrons. The minimum absolute atomic E-state index is 0.277. The molecule has 2 aromatic carbocycles. The van der Waals surface area contributed by atoms with E-state index in [4.69, 9.17) is 34.8 Å². The summed E-state index contributed by atoms with van der Waals surface area (Å²) in [5, 5.41) is 4.28. The second-order valence-electron chi connectivity index (χ2n) is 4.62. The lowest BCUT2D eigenvalue weighted by atomic mass is 10.2. The Hall–Kier alpha value is -1.81. The number of aliphatic imine (C=N–C) groups is 1. The van der Waals surface area contributed by atoms with Gasteiger partial charge in [0.15, 0.2) is 0 Å². The lowest BCUT2D eigenvalue weighted by Gasteiger charge is -2.00. The summed E-state index contributed by atoms with van der Waals surface area (Å²) < 4.78 is 0. The van der Waals surface area contributed by atoms with Crippen LogP contribution in [0.2, 0.25) is 15.1 Å². The maximum Gasteiger partial charge on any atom is 0.275 e. The van der Waals surface area contributed by atoms with Crippen molar-refractivity contribution >= 4 is 52.6 Å². The molecule has 3 nitrogen and oxygen atoms in total. The predicted molar refractivity (Wildman–Crippen MR) is 90.6 cm³/mol. The number of nitrogens with one attached hydrogen (secondary N) is 1. The summed E-state index contributed by atoms with van der Waals surface area (Å²) in [6.45, 7) is 0. The Morgan fingerprint density at radius 3 is 2.50 bits per heavy atom. The van der Waals surface area contributed by atoms with Crippen LogP contribution >= 0.6 is 34.8 Å². The fourth-order valence-corrected chi connectivity index (χ4v) is 2.66. The zero-order valence-electron chi connectivity index (χ0n) is 11.1. The quantitative estimate of drug-likeness (QED) is 0.792. The molecular formula is C16H9Cl3N2O. The van der Waals surface area contributed by atoms with Gasteiger partial charge in [-0.2, -0.15) is 0 Å². The molecule has 1 aliphatic heterocycles. The van der Waals surface area contributed by atoms with Crippen molar-refractivity contribution in [2.75, 3.05) is 0 Å². The van der Waals surface area contributed by atoms with Gasteiger partial charge < -0.3 is 5.32 Å². The van der Waals surface area contributed by atoms with Crippen molar-refractivity contribution in [2.24, 2.45) is 4.99 Å². The summed E-state index contributed by atoms with van der Waals surface area (Å²) in [5.41, 5.74) is 1.69. The minimum Gasteiger partial charge on any atom is -0.305 e. The lowest BCUT2D eigenvalue weighted by Crippen LogP contribution is -2.24. The Morgan fingerprint density at radius 2 is 1.77 bits per heavy atom. The zero-order chi connectivity index (χ0) is 15.7. The van der Waals surface area contributed by atoms with Crippen LogP contribution in [0.4, 0.5) is 0 Å². The first-order chi connectivity index (χ1) is 10.5. The van der Waals surface area contributed by atoms with Gasteiger partial charge in [0.1, 0.15) is 11.5 Å². The van der Waals surface area contributed by atoms with Crippen molar-refractivity contribution in [3.63, 3.8) is 0 Å². The van der Waals surface area contributed by atoms with E-state index in [2.05, 4.69) is 10.3 Å². The van der Waals surface area contributed by atoms with Crippen LogP contribution in [-0.4, -0.2) is 11.7 Å². The maximum atomic E-state index is 12.0. The summed E-state index contributed by atoms with van der Waals surface area (Å²) in [4.78, 5) is 16.3. The number of amides is 1. The Balaban J connectivity index is 1.97. The normalized spacial score (nSPS) is 15.9. The highest BCUT2D eigenvalue weighted by molar-refractivity contribution is 6.35. The average molecular weight is 352 g/mol. The topological polar surface area (TPSA) is 41.5 Å². The molecule has 2 aromatic rings. The number of nitrogens with zero attached hydrogens (tertiary/aromatic N) is 1. The number of benzene rings is 2. The van der Waals surface area contributed by atoms with Gasteiger partial charge in [-0.3, -0.25) is 4.79 Å². The van der Waals surface area contributed by atoms with Gasteiger partial charge in [-0.25, -0.2) is 4.99 Å². The number of halogens is 3. The highest BCUT2D eigenvalue weighted by atomic mass is 35.5. The minimum atomic E-state index is -0.291. The molecule has 0 unspecified atom stereocenters. The smallest absolute Gasteiger partial charge is 0.275 e. The third-order valence-corrected chi connectivity index (χ3v) is 3.85. The van der Waals surface area contributed by atoms with Crippen molar-refractivity contribution in [3.8, 4) is 0 Å². The molecule has 22 heavy (non-hydrogen) atoms. The molecule has 0 radical (unpaired) electrons. The van der Waals surface area contributed by atoms with E-state index in [9.17, 15) is 4.79 Å². The number of hydrogen-bond acceptors (Lipinski definition) is 2. The second-order valence-corrected chi connectivity index (χ2v) is 5.90. The zero-order valence-corrected chi connectivity index (χ0v) is 13.4. The molecule has 6 heteroatoms. The van der Waals surface area contributed by atoms with Crippen molar-refractivity contribution in [3.05, 3.63) is 74.4 Å². The van der Waals surface area contributed by atoms with Gasteiger partial charge in [0.25, 0.3) is 5.91 Å². The first-order valence-electron chi connectivity index (χ1n) is 6.36. The van der Waals surface area contributed by atoms with Gasteiger partial charge in [0.2, 0.25) is 0 Å². The third-order valence-electron chi connectivity index (χ3n) is 3.05. The van der Waals surface area contributed by atoms with Crippen LogP contribution in [0.25, 0.3) is 6.08 Å². The van der Waals surface area contributed by atoms with Crippen molar-refractivity contribution in [1.29, 1.82) is 0 Å². The number of hydrogen-bond donors (Lipinski definition) is 1. The molecule has 0 saturated carbocycles. The van der Waals surface area contributed by atoms with Crippen LogP contribution in [0.1, 0.15) is 11.1 Å². The van der Waals surface area contributed by atoms with Gasteiger partial charge in [-0.05, 0) is 35.9 Å². The molecule has 3 rings (SSSR count). The Morgan fingerprint density at radius 1 is 1.00 bits per heavy atom. The van der Waals surface area contributed by atoms with Crippen LogP contribution in [-0.2, 0) is 4.79 Å². The molecule has 0 spiro atoms. The molecule has 0 saturated heterocycles. The Labute approximate surface area is 142 Å². The van der Waals surface area contributed by atoms with E-state index in [1.54, 1.807) is 42.5 Å². The second kappa shape index (κ2) is 6.13. The van der Waals surface area contributed by atoms with Crippen molar-refractivity contribution in [2.45, 2.75) is 0 Å². The van der Waals surface area contributed by atoms with Gasteiger partial charge in [0, 0.05) is 20.6 Å². The average Bonchev–Trinajstić information content (AvgIpc) is 2.83. The van der Waals surface area contributed by atoms with E-state index in [-0.39, 0.29) is 11.6 Å². The summed E-state index contributed by atoms with van der Waals surface area (Å²) >= 11 is 17.9. The molecular weight excluding hydrogens is 343 g/mol. The molecule has 1 N–H and O–H groups in total. The van der Waals surface area contributed by atoms with Crippen LogP contribution in [0.3, 0.4) is 0 Å². The molecule has 0 atom stereocenters. The summed E-state index contributed by atoms with van der Waals surface area (Å²) in [7, 11) is 0. The molecule has 0 aromatic heterocycles. The summed E-state index contributed by atoms with van der Waals surface area (Å²) in [6, 6.07) is 12.2. The number of amidine groups is 1. The fraction of sp³-hybridized carbons (Fsp3) is 0. The van der Waals surface area contributed by atoms with Gasteiger partial charge in [-0.15, -0.1) is 0 Å². The standard InChI is InChI=1S/C16H9Cl3N2O/c17-11-3-1-2-10(6-11)15-20-14(16(22)21-15)7-9-4-5-12(18)8-13(9)19/h1-8H,(H,20,21,22)/b14-7-. The highest BCUT2D eigenvalue weighted by Crippen LogP contribution is 2.24. The first kappa shape index (κ1) is 15.1. The Bertz CT molecular complexity index is 828. The van der Waals surface area contributed by atoms with Crippen LogP contribution in [0.5, 0.6) is 0 Å². The monoisotopic (exact) mass is 350 g/mol. The maximum absolute atomic E-state index is 12.0. The van der Waals surface area contributed by atoms with Crippen LogP contribution in [0, 0.1) is 0 Å². The fourth-order valence-electron chi connectivity index (χ4n) is 2.01. The van der Waals surface area contributed by atoms with Gasteiger partial charge >= 0.3 is 0 Å². The van der Waals surface area contributed by atoms with Gasteiger partial charge in [0.05, 0.1) is 0 Å². The molecule has 0 fully saturated rings. The van der Waals surface area contributed by atoms with E-state index in [1.165, 1.54) is 0 Å². The number of carbonyl (C=O) groups is 1. The van der Waals surface area contributed by atoms with E-state index in [1.807, 2.05) is 6.07 Å². The predicted octanol–water partition coefficient (Wildman–Crippen LogP) is 4.56. The molecule has 0 aliphatic carbocycles. The Kier molecular flexibility index (Phi) is 4.21. The molecule has 0 bridgehead atoms. The first-order valence-corrected chi connectivity index (χ1v) is 7.49. The van der Waals surface area contributed by atoms with Crippen LogP contribution < -0.4 is 5.32 Å². The number of rotatable bonds is 2.